The first-order valence-corrected chi connectivity index (χ1v) is 8.13. The van der Waals surface area contributed by atoms with E-state index in [9.17, 15) is 20.3 Å². The van der Waals surface area contributed by atoms with Crippen LogP contribution >= 0.6 is 11.3 Å². The Hall–Kier alpha value is -1.87. The lowest BCUT2D eigenvalue weighted by Gasteiger charge is -2.22. The van der Waals surface area contributed by atoms with E-state index >= 15 is 0 Å². The second kappa shape index (κ2) is 8.11. The minimum atomic E-state index is -0.968. The summed E-state index contributed by atoms with van der Waals surface area (Å²) in [5.74, 6) is 0. The van der Waals surface area contributed by atoms with Gasteiger partial charge in [-0.1, -0.05) is 6.92 Å². The highest BCUT2D eigenvalue weighted by atomic mass is 32.1. The lowest BCUT2D eigenvalue weighted by atomic mass is 10.0. The Bertz CT molecular complexity index is 644. The predicted molar refractivity (Wildman–Crippen MR) is 87.3 cm³/mol. The molecular weight excluding hydrogens is 318 g/mol. The minimum Gasteiger partial charge on any atom is -0.395 e. The molecule has 23 heavy (non-hydrogen) atoms. The fourth-order valence-corrected chi connectivity index (χ4v) is 2.87. The van der Waals surface area contributed by atoms with Crippen molar-refractivity contribution < 1.29 is 15.1 Å². The molecule has 8 heteroatoms. The Kier molecular flexibility index (Phi) is 6.17. The second-order valence-corrected chi connectivity index (χ2v) is 5.99. The summed E-state index contributed by atoms with van der Waals surface area (Å²) in [5.41, 5.74) is 1.33. The van der Waals surface area contributed by atoms with Crippen LogP contribution in [0.1, 0.15) is 29.3 Å². The molecule has 0 radical (unpaired) electrons. The molecule has 2 rings (SSSR count). The summed E-state index contributed by atoms with van der Waals surface area (Å²) in [4.78, 5) is 14.6. The number of nitrogens with zero attached hydrogens (tertiary/aromatic N) is 2. The first-order valence-electron chi connectivity index (χ1n) is 7.25. The molecule has 3 N–H and O–H groups in total. The number of hydrogen-bond acceptors (Lipinski definition) is 7. The molecule has 0 aliphatic heterocycles. The molecule has 2 unspecified atom stereocenters. The van der Waals surface area contributed by atoms with E-state index in [2.05, 4.69) is 10.3 Å². The molecule has 2 atom stereocenters. The van der Waals surface area contributed by atoms with Crippen molar-refractivity contribution in [3.05, 3.63) is 56.0 Å². The Labute approximate surface area is 137 Å². The van der Waals surface area contributed by atoms with E-state index in [-0.39, 0.29) is 12.3 Å². The van der Waals surface area contributed by atoms with Crippen LogP contribution in [0.4, 0.5) is 5.69 Å². The van der Waals surface area contributed by atoms with Gasteiger partial charge in [0.25, 0.3) is 5.69 Å². The average Bonchev–Trinajstić information content (AvgIpc) is 3.03. The third kappa shape index (κ3) is 4.55. The second-order valence-electron chi connectivity index (χ2n) is 5.05. The van der Waals surface area contributed by atoms with Gasteiger partial charge in [0.2, 0.25) is 0 Å². The summed E-state index contributed by atoms with van der Waals surface area (Å²) in [6.45, 7) is 2.21. The Morgan fingerprint density at radius 3 is 2.61 bits per heavy atom. The van der Waals surface area contributed by atoms with Gasteiger partial charge < -0.3 is 15.5 Å². The number of non-ortho nitro benzene ring substituents is 1. The van der Waals surface area contributed by atoms with Crippen LogP contribution < -0.4 is 5.32 Å². The van der Waals surface area contributed by atoms with Crippen molar-refractivity contribution in [2.75, 3.05) is 6.61 Å². The third-order valence-electron chi connectivity index (χ3n) is 3.47. The van der Waals surface area contributed by atoms with Crippen molar-refractivity contribution >= 4 is 17.0 Å². The summed E-state index contributed by atoms with van der Waals surface area (Å²) in [6, 6.07) is 5.07. The van der Waals surface area contributed by atoms with Gasteiger partial charge in [-0.3, -0.25) is 10.1 Å². The van der Waals surface area contributed by atoms with Crippen LogP contribution in [0, 0.1) is 10.1 Å². The van der Waals surface area contributed by atoms with E-state index in [1.54, 1.807) is 11.3 Å². The first-order chi connectivity index (χ1) is 11.0. The molecule has 1 aromatic carbocycles. The number of nitro benzene ring substituents is 1. The molecule has 0 bridgehead atoms. The van der Waals surface area contributed by atoms with Gasteiger partial charge >= 0.3 is 0 Å². The van der Waals surface area contributed by atoms with Crippen LogP contribution in [0.15, 0.2) is 29.6 Å². The summed E-state index contributed by atoms with van der Waals surface area (Å²) < 4.78 is 0. The van der Waals surface area contributed by atoms with E-state index < -0.39 is 17.1 Å². The van der Waals surface area contributed by atoms with Gasteiger partial charge in [0, 0.05) is 24.1 Å². The van der Waals surface area contributed by atoms with Gasteiger partial charge in [-0.15, -0.1) is 11.3 Å². The maximum atomic E-state index is 10.6. The van der Waals surface area contributed by atoms with Gasteiger partial charge in [-0.2, -0.15) is 0 Å². The first kappa shape index (κ1) is 17.5. The average molecular weight is 337 g/mol. The lowest BCUT2D eigenvalue weighted by molar-refractivity contribution is -0.384. The molecule has 1 heterocycles. The monoisotopic (exact) mass is 337 g/mol. The van der Waals surface area contributed by atoms with Crippen LogP contribution in [0.25, 0.3) is 0 Å². The molecule has 0 amide bonds. The summed E-state index contributed by atoms with van der Waals surface area (Å²) in [5, 5.41) is 36.5. The molecule has 0 saturated carbocycles. The van der Waals surface area contributed by atoms with E-state index in [4.69, 9.17) is 0 Å². The molecule has 0 fully saturated rings. The van der Waals surface area contributed by atoms with Crippen LogP contribution in [-0.4, -0.2) is 32.8 Å². The quantitative estimate of drug-likeness (QED) is 0.501. The minimum absolute atomic E-state index is 0.0379. The summed E-state index contributed by atoms with van der Waals surface area (Å²) in [6.07, 6.45) is -0.0930. The lowest BCUT2D eigenvalue weighted by Crippen LogP contribution is -2.37. The topological polar surface area (TPSA) is 109 Å². The van der Waals surface area contributed by atoms with Gasteiger partial charge in [0.1, 0.15) is 0 Å². The van der Waals surface area contributed by atoms with Crippen LogP contribution in [0.2, 0.25) is 0 Å². The maximum absolute atomic E-state index is 10.6. The van der Waals surface area contributed by atoms with E-state index in [0.29, 0.717) is 12.1 Å². The van der Waals surface area contributed by atoms with E-state index in [0.717, 1.165) is 17.1 Å². The molecular formula is C15H19N3O4S. The van der Waals surface area contributed by atoms with Crippen LogP contribution in [0.5, 0.6) is 0 Å². The van der Waals surface area contributed by atoms with Crippen molar-refractivity contribution in [2.24, 2.45) is 0 Å². The smallest absolute Gasteiger partial charge is 0.269 e. The molecule has 0 saturated heterocycles. The number of aromatic nitrogens is 1. The number of nitrogens with one attached hydrogen (secondary N) is 1. The Balaban J connectivity index is 1.99. The highest BCUT2D eigenvalue weighted by Crippen LogP contribution is 2.21. The van der Waals surface area contributed by atoms with Crippen molar-refractivity contribution in [2.45, 2.75) is 32.0 Å². The number of hydrogen-bond donors (Lipinski definition) is 3. The highest BCUT2D eigenvalue weighted by Gasteiger charge is 2.21. The number of rotatable bonds is 8. The fraction of sp³-hybridized carbons (Fsp3) is 0.400. The molecule has 0 spiro atoms. The van der Waals surface area contributed by atoms with Crippen molar-refractivity contribution in [1.29, 1.82) is 0 Å². The zero-order valence-electron chi connectivity index (χ0n) is 12.7. The van der Waals surface area contributed by atoms with Crippen LogP contribution in [0.3, 0.4) is 0 Å². The standard InChI is InChI=1S/C15H19N3O4S/c1-2-14-17-11(9-23-14)7-16-13(8-19)15(20)10-3-5-12(6-4-10)18(21)22/h3-6,9,13,15-16,19-20H,2,7-8H2,1H3. The number of aryl methyl sites for hydroxylation is 1. The summed E-state index contributed by atoms with van der Waals surface area (Å²) >= 11 is 1.58. The van der Waals surface area contributed by atoms with Gasteiger partial charge in [-0.25, -0.2) is 4.98 Å². The molecule has 0 aliphatic carbocycles. The summed E-state index contributed by atoms with van der Waals surface area (Å²) in [7, 11) is 0. The van der Waals surface area contributed by atoms with Gasteiger partial charge in [0.05, 0.1) is 34.4 Å². The third-order valence-corrected chi connectivity index (χ3v) is 4.51. The number of benzene rings is 1. The number of aliphatic hydroxyl groups is 2. The zero-order chi connectivity index (χ0) is 16.8. The van der Waals surface area contributed by atoms with Crippen molar-refractivity contribution in [3.63, 3.8) is 0 Å². The highest BCUT2D eigenvalue weighted by molar-refractivity contribution is 7.09. The SMILES string of the molecule is CCc1nc(CNC(CO)C(O)c2ccc([N+](=O)[O-])cc2)cs1. The molecule has 2 aromatic rings. The molecule has 0 aliphatic rings. The van der Waals surface area contributed by atoms with Crippen LogP contribution in [-0.2, 0) is 13.0 Å². The number of thiazole rings is 1. The number of aliphatic hydroxyl groups excluding tert-OH is 2. The molecule has 1 aromatic heterocycles. The van der Waals surface area contributed by atoms with Gasteiger partial charge in [-0.05, 0) is 24.1 Å². The fourth-order valence-electron chi connectivity index (χ4n) is 2.13. The predicted octanol–water partition coefficient (Wildman–Crippen LogP) is 1.80. The van der Waals surface area contributed by atoms with E-state index in [1.807, 2.05) is 12.3 Å². The zero-order valence-corrected chi connectivity index (χ0v) is 13.5. The maximum Gasteiger partial charge on any atom is 0.269 e. The Morgan fingerprint density at radius 1 is 1.39 bits per heavy atom. The van der Waals surface area contributed by atoms with Crippen molar-refractivity contribution in [1.82, 2.24) is 10.3 Å². The number of nitro groups is 1. The Morgan fingerprint density at radius 2 is 2.09 bits per heavy atom. The molecule has 124 valence electrons. The largest absolute Gasteiger partial charge is 0.395 e. The van der Waals surface area contributed by atoms with Gasteiger partial charge in [0.15, 0.2) is 0 Å². The van der Waals surface area contributed by atoms with E-state index in [1.165, 1.54) is 24.3 Å². The normalized spacial score (nSPS) is 13.7. The van der Waals surface area contributed by atoms with Crippen molar-refractivity contribution in [3.8, 4) is 0 Å². The molecule has 7 nitrogen and oxygen atoms in total.